The van der Waals surface area contributed by atoms with Crippen molar-refractivity contribution in [2.75, 3.05) is 23.9 Å². The first-order valence-electron chi connectivity index (χ1n) is 8.37. The van der Waals surface area contributed by atoms with Crippen LogP contribution >= 0.6 is 11.8 Å². The molecule has 0 amide bonds. The average molecular weight is 398 g/mol. The summed E-state index contributed by atoms with van der Waals surface area (Å²) in [6.45, 7) is 0. The smallest absolute Gasteiger partial charge is 0.320 e. The van der Waals surface area contributed by atoms with Crippen LogP contribution in [0.15, 0.2) is 12.7 Å². The molecule has 27 heavy (non-hydrogen) atoms. The van der Waals surface area contributed by atoms with Crippen molar-refractivity contribution in [3.63, 3.8) is 0 Å². The van der Waals surface area contributed by atoms with Crippen molar-refractivity contribution >= 4 is 34.7 Å². The predicted octanol–water partition coefficient (Wildman–Crippen LogP) is -0.978. The minimum absolute atomic E-state index is 0.310. The van der Waals surface area contributed by atoms with Gasteiger partial charge in [0.1, 0.15) is 30.1 Å². The van der Waals surface area contributed by atoms with Crippen molar-refractivity contribution in [2.45, 2.75) is 37.0 Å². The zero-order valence-electron chi connectivity index (χ0n) is 14.6. The first-order valence-corrected chi connectivity index (χ1v) is 9.52. The molecule has 1 saturated heterocycles. The molecule has 0 saturated carbocycles. The molecule has 0 aliphatic carbocycles. The van der Waals surface area contributed by atoms with Crippen LogP contribution < -0.4 is 11.1 Å². The molecule has 12 heteroatoms. The number of anilines is 1. The molecule has 1 unspecified atom stereocenters. The molecule has 3 rings (SSSR count). The second kappa shape index (κ2) is 8.35. The number of aromatic nitrogens is 4. The molecule has 2 aromatic rings. The first-order chi connectivity index (χ1) is 12.9. The van der Waals surface area contributed by atoms with Crippen LogP contribution in [0.4, 0.5) is 5.82 Å². The van der Waals surface area contributed by atoms with E-state index in [4.69, 9.17) is 15.6 Å². The molecule has 5 atom stereocenters. The van der Waals surface area contributed by atoms with E-state index in [1.54, 1.807) is 11.6 Å². The molecule has 1 aliphatic rings. The Labute approximate surface area is 159 Å². The van der Waals surface area contributed by atoms with Crippen molar-refractivity contribution in [1.82, 2.24) is 19.5 Å². The Morgan fingerprint density at radius 2 is 2.19 bits per heavy atom. The summed E-state index contributed by atoms with van der Waals surface area (Å²) in [5.41, 5.74) is 6.47. The molecule has 148 valence electrons. The van der Waals surface area contributed by atoms with Gasteiger partial charge in [-0.3, -0.25) is 9.36 Å². The number of aliphatic hydroxyl groups excluding tert-OH is 2. The van der Waals surface area contributed by atoms with Crippen molar-refractivity contribution in [3.8, 4) is 0 Å². The molecule has 11 nitrogen and oxygen atoms in total. The van der Waals surface area contributed by atoms with Gasteiger partial charge in [-0.05, 0) is 12.2 Å². The largest absolute Gasteiger partial charge is 0.480 e. The minimum Gasteiger partial charge on any atom is -0.480 e. The number of aliphatic carboxylic acids is 1. The molecule has 2 aromatic heterocycles. The van der Waals surface area contributed by atoms with Gasteiger partial charge in [-0.1, -0.05) is 0 Å². The third-order valence-electron chi connectivity index (χ3n) is 4.38. The van der Waals surface area contributed by atoms with E-state index in [0.717, 1.165) is 0 Å². The summed E-state index contributed by atoms with van der Waals surface area (Å²) in [5.74, 6) is 0.407. The fourth-order valence-electron chi connectivity index (χ4n) is 2.85. The van der Waals surface area contributed by atoms with Crippen LogP contribution in [0.2, 0.25) is 0 Å². The van der Waals surface area contributed by atoms with Gasteiger partial charge >= 0.3 is 5.97 Å². The van der Waals surface area contributed by atoms with Crippen LogP contribution in [-0.4, -0.2) is 83.7 Å². The van der Waals surface area contributed by atoms with Crippen LogP contribution in [0.3, 0.4) is 0 Å². The van der Waals surface area contributed by atoms with Crippen molar-refractivity contribution < 1.29 is 24.9 Å². The lowest BCUT2D eigenvalue weighted by molar-refractivity contribution is -0.138. The number of hydrogen-bond donors (Lipinski definition) is 5. The van der Waals surface area contributed by atoms with Crippen LogP contribution in [0.1, 0.15) is 12.6 Å². The summed E-state index contributed by atoms with van der Waals surface area (Å²) in [5, 5.41) is 32.4. The topological polar surface area (TPSA) is 169 Å². The number of nitrogens with one attached hydrogen (secondary N) is 1. The summed E-state index contributed by atoms with van der Waals surface area (Å²) in [6, 6.07) is -0.913. The Morgan fingerprint density at radius 1 is 1.41 bits per heavy atom. The Morgan fingerprint density at radius 3 is 2.89 bits per heavy atom. The molecule has 3 heterocycles. The molecule has 1 fully saturated rings. The van der Waals surface area contributed by atoms with E-state index in [0.29, 0.717) is 34.9 Å². The summed E-state index contributed by atoms with van der Waals surface area (Å²) in [7, 11) is 1.72. The first kappa shape index (κ1) is 19.8. The third kappa shape index (κ3) is 3.99. The number of aliphatic hydroxyl groups is 2. The molecule has 0 radical (unpaired) electrons. The normalized spacial score (nSPS) is 26.4. The molecule has 6 N–H and O–H groups in total. The monoisotopic (exact) mass is 398 g/mol. The van der Waals surface area contributed by atoms with Gasteiger partial charge < -0.3 is 31.1 Å². The van der Waals surface area contributed by atoms with E-state index < -0.39 is 36.6 Å². The number of nitrogens with zero attached hydrogens (tertiary/aromatic N) is 4. The Kier molecular flexibility index (Phi) is 6.11. The fraction of sp³-hybridized carbons (Fsp3) is 0.600. The molecule has 0 aromatic carbocycles. The zero-order valence-corrected chi connectivity index (χ0v) is 15.4. The standard InChI is InChI=1S/C15H22N6O5S/c1-17-12-9-13(19-5-18-12)21(6-20-9)14-11(23)10(22)8(26-14)4-27-3-2-7(16)15(24)25/h5-8,10-11,14,22-23H,2-4,16H2,1H3,(H,24,25)(H,17,18,19)/t7-,8+,10-,11?,14+/m0/s1. The highest BCUT2D eigenvalue weighted by Gasteiger charge is 2.44. The summed E-state index contributed by atoms with van der Waals surface area (Å²) < 4.78 is 7.41. The van der Waals surface area contributed by atoms with E-state index in [2.05, 4.69) is 20.3 Å². The number of carboxylic acids is 1. The number of thioether (sulfide) groups is 1. The second-order valence-corrected chi connectivity index (χ2v) is 7.30. The maximum atomic E-state index is 10.7. The van der Waals surface area contributed by atoms with E-state index in [9.17, 15) is 15.0 Å². The van der Waals surface area contributed by atoms with Crippen LogP contribution in [0.5, 0.6) is 0 Å². The van der Waals surface area contributed by atoms with Crippen LogP contribution in [-0.2, 0) is 9.53 Å². The minimum atomic E-state index is -1.15. The molecule has 0 spiro atoms. The van der Waals surface area contributed by atoms with Gasteiger partial charge in [-0.15, -0.1) is 0 Å². The van der Waals surface area contributed by atoms with Gasteiger partial charge in [0.25, 0.3) is 0 Å². The predicted molar refractivity (Wildman–Crippen MR) is 98.3 cm³/mol. The van der Waals surface area contributed by atoms with E-state index in [1.165, 1.54) is 24.4 Å². The van der Waals surface area contributed by atoms with Crippen LogP contribution in [0.25, 0.3) is 11.2 Å². The second-order valence-electron chi connectivity index (χ2n) is 6.15. The summed E-state index contributed by atoms with van der Waals surface area (Å²) in [6.07, 6.45) is -0.507. The highest BCUT2D eigenvalue weighted by atomic mass is 32.2. The molecular weight excluding hydrogens is 376 g/mol. The summed E-state index contributed by atoms with van der Waals surface area (Å²) >= 11 is 1.41. The van der Waals surface area contributed by atoms with Gasteiger partial charge in [0.2, 0.25) is 0 Å². The quantitative estimate of drug-likeness (QED) is 0.347. The SMILES string of the molecule is CNc1ncnc2c1ncn2[C@@H]1O[C@H](CSCC[C@H](N)C(=O)O)[C@H](O)C1O. The number of hydrogen-bond acceptors (Lipinski definition) is 10. The van der Waals surface area contributed by atoms with Gasteiger partial charge in [-0.2, -0.15) is 11.8 Å². The fourth-order valence-corrected chi connectivity index (χ4v) is 3.95. The van der Waals surface area contributed by atoms with E-state index in [-0.39, 0.29) is 0 Å². The Bertz CT molecular complexity index is 804. The van der Waals surface area contributed by atoms with Crippen molar-refractivity contribution in [3.05, 3.63) is 12.7 Å². The van der Waals surface area contributed by atoms with Gasteiger partial charge in [0.15, 0.2) is 17.7 Å². The number of imidazole rings is 1. The highest BCUT2D eigenvalue weighted by molar-refractivity contribution is 7.99. The maximum absolute atomic E-state index is 10.7. The lowest BCUT2D eigenvalue weighted by Crippen LogP contribution is -2.33. The van der Waals surface area contributed by atoms with E-state index >= 15 is 0 Å². The number of carboxylic acid groups (broad SMARTS) is 1. The van der Waals surface area contributed by atoms with Gasteiger partial charge in [0, 0.05) is 12.8 Å². The van der Waals surface area contributed by atoms with Gasteiger partial charge in [-0.25, -0.2) is 15.0 Å². The highest BCUT2D eigenvalue weighted by Crippen LogP contribution is 2.33. The van der Waals surface area contributed by atoms with Crippen molar-refractivity contribution in [2.24, 2.45) is 5.73 Å². The number of fused-ring (bicyclic) bond motifs is 1. The number of nitrogens with two attached hydrogens (primary N) is 1. The number of rotatable bonds is 8. The lowest BCUT2D eigenvalue weighted by Gasteiger charge is -2.16. The Hall–Kier alpha value is -1.99. The maximum Gasteiger partial charge on any atom is 0.320 e. The number of ether oxygens (including phenoxy) is 1. The average Bonchev–Trinajstić information content (AvgIpc) is 3.20. The Balaban J connectivity index is 1.66. The van der Waals surface area contributed by atoms with E-state index in [1.807, 2.05) is 0 Å². The van der Waals surface area contributed by atoms with Crippen LogP contribution in [0, 0.1) is 0 Å². The number of carbonyl (C=O) groups is 1. The molecular formula is C15H22N6O5S. The summed E-state index contributed by atoms with van der Waals surface area (Å²) in [4.78, 5) is 23.3. The third-order valence-corrected chi connectivity index (χ3v) is 5.47. The lowest BCUT2D eigenvalue weighted by atomic mass is 10.1. The van der Waals surface area contributed by atoms with Gasteiger partial charge in [0.05, 0.1) is 12.4 Å². The molecule has 1 aliphatic heterocycles. The zero-order chi connectivity index (χ0) is 19.6. The molecule has 0 bridgehead atoms. The van der Waals surface area contributed by atoms with Crippen molar-refractivity contribution in [1.29, 1.82) is 0 Å².